The van der Waals surface area contributed by atoms with Crippen LogP contribution in [0, 0.1) is 11.8 Å². The summed E-state index contributed by atoms with van der Waals surface area (Å²) < 4.78 is 7.62. The average molecular weight is 410 g/mol. The van der Waals surface area contributed by atoms with E-state index in [9.17, 15) is 0 Å². The molecule has 0 bridgehead atoms. The highest BCUT2D eigenvalue weighted by Crippen LogP contribution is 2.31. The van der Waals surface area contributed by atoms with Crippen LogP contribution >= 0.6 is 0 Å². The molecule has 0 unspecified atom stereocenters. The van der Waals surface area contributed by atoms with Crippen molar-refractivity contribution < 1.29 is 9.84 Å². The van der Waals surface area contributed by atoms with Crippen molar-refractivity contribution in [1.82, 2.24) is 19.7 Å². The number of aliphatic hydroxyl groups excluding tert-OH is 1. The summed E-state index contributed by atoms with van der Waals surface area (Å²) in [6.45, 7) is 5.23. The summed E-state index contributed by atoms with van der Waals surface area (Å²) in [7, 11) is 0. The third kappa shape index (κ3) is 4.56. The van der Waals surface area contributed by atoms with E-state index in [0.29, 0.717) is 25.0 Å². The van der Waals surface area contributed by atoms with E-state index in [1.807, 2.05) is 28.9 Å². The maximum absolute atomic E-state index is 8.97. The summed E-state index contributed by atoms with van der Waals surface area (Å²) in [4.78, 5) is 9.16. The van der Waals surface area contributed by atoms with Crippen molar-refractivity contribution in [2.24, 2.45) is 11.8 Å². The van der Waals surface area contributed by atoms with Crippen LogP contribution in [0.15, 0.2) is 36.7 Å². The first-order chi connectivity index (χ1) is 14.7. The van der Waals surface area contributed by atoms with Crippen molar-refractivity contribution in [2.75, 3.05) is 18.5 Å². The van der Waals surface area contributed by atoms with Crippen molar-refractivity contribution in [2.45, 2.75) is 52.0 Å². The smallest absolute Gasteiger partial charge is 0.224 e. The van der Waals surface area contributed by atoms with Crippen LogP contribution < -0.4 is 10.1 Å². The Hall–Kier alpha value is -2.67. The molecule has 2 N–H and O–H groups in total. The first-order valence-electron chi connectivity index (χ1n) is 11.0. The highest BCUT2D eigenvalue weighted by molar-refractivity contribution is 5.86. The first kappa shape index (κ1) is 20.6. The fourth-order valence-electron chi connectivity index (χ4n) is 4.23. The molecule has 0 aliphatic heterocycles. The van der Waals surface area contributed by atoms with E-state index in [4.69, 9.17) is 14.8 Å². The quantitative estimate of drug-likeness (QED) is 0.542. The number of benzene rings is 1. The SMILES string of the molecule is CC(C)[C@H]1CC[C@H](Nc2nccc(-n3ncc4c(OCCCO)cccc43)n2)CC1. The normalized spacial score (nSPS) is 19.3. The summed E-state index contributed by atoms with van der Waals surface area (Å²) in [6, 6.07) is 8.17. The van der Waals surface area contributed by atoms with E-state index in [2.05, 4.69) is 29.2 Å². The monoisotopic (exact) mass is 409 g/mol. The predicted octanol–water partition coefficient (Wildman–Crippen LogP) is 4.20. The Morgan fingerprint density at radius 2 is 2.03 bits per heavy atom. The summed E-state index contributed by atoms with van der Waals surface area (Å²) in [5, 5.41) is 18.0. The molecule has 0 radical (unpaired) electrons. The summed E-state index contributed by atoms with van der Waals surface area (Å²) in [5.74, 6) is 3.74. The van der Waals surface area contributed by atoms with Crippen LogP contribution in [0.2, 0.25) is 0 Å². The Bertz CT molecular complexity index is 963. The topological polar surface area (TPSA) is 85.1 Å². The third-order valence-electron chi connectivity index (χ3n) is 6.04. The number of aromatic nitrogens is 4. The largest absolute Gasteiger partial charge is 0.493 e. The Kier molecular flexibility index (Phi) is 6.47. The molecule has 2 aromatic heterocycles. The van der Waals surface area contributed by atoms with Crippen molar-refractivity contribution in [3.05, 3.63) is 36.7 Å². The summed E-state index contributed by atoms with van der Waals surface area (Å²) >= 11 is 0. The van der Waals surface area contributed by atoms with Gasteiger partial charge in [0.15, 0.2) is 5.82 Å². The number of hydrogen-bond acceptors (Lipinski definition) is 6. The molecule has 1 aromatic carbocycles. The van der Waals surface area contributed by atoms with E-state index in [1.165, 1.54) is 12.8 Å². The van der Waals surface area contributed by atoms with Crippen LogP contribution in [-0.2, 0) is 0 Å². The van der Waals surface area contributed by atoms with E-state index in [-0.39, 0.29) is 6.61 Å². The molecule has 1 aliphatic carbocycles. The van der Waals surface area contributed by atoms with E-state index < -0.39 is 0 Å². The molecule has 1 fully saturated rings. The molecular formula is C23H31N5O2. The number of ether oxygens (including phenoxy) is 1. The van der Waals surface area contributed by atoms with Gasteiger partial charge in [-0.05, 0) is 49.7 Å². The molecule has 7 heteroatoms. The number of anilines is 1. The van der Waals surface area contributed by atoms with E-state index in [1.54, 1.807) is 12.4 Å². The minimum absolute atomic E-state index is 0.116. The Morgan fingerprint density at radius 1 is 1.20 bits per heavy atom. The number of nitrogens with zero attached hydrogens (tertiary/aromatic N) is 4. The Labute approximate surface area is 177 Å². The zero-order valence-electron chi connectivity index (χ0n) is 17.8. The number of hydrogen-bond donors (Lipinski definition) is 2. The van der Waals surface area contributed by atoms with Gasteiger partial charge in [0.25, 0.3) is 0 Å². The molecule has 0 spiro atoms. The summed E-state index contributed by atoms with van der Waals surface area (Å²) in [6.07, 6.45) is 9.02. The fourth-order valence-corrected chi connectivity index (χ4v) is 4.23. The van der Waals surface area contributed by atoms with E-state index in [0.717, 1.165) is 47.1 Å². The van der Waals surface area contributed by atoms with Gasteiger partial charge in [0.05, 0.1) is 23.7 Å². The van der Waals surface area contributed by atoms with Gasteiger partial charge in [-0.25, -0.2) is 9.67 Å². The molecule has 4 rings (SSSR count). The number of aliphatic hydroxyl groups is 1. The van der Waals surface area contributed by atoms with Crippen molar-refractivity contribution in [1.29, 1.82) is 0 Å². The lowest BCUT2D eigenvalue weighted by molar-refractivity contribution is 0.235. The van der Waals surface area contributed by atoms with Crippen molar-refractivity contribution >= 4 is 16.9 Å². The van der Waals surface area contributed by atoms with Gasteiger partial charge < -0.3 is 15.2 Å². The molecule has 160 valence electrons. The standard InChI is InChI=1S/C23H31N5O2/c1-16(2)17-7-9-18(10-8-17)26-23-24-12-11-22(27-23)28-20-5-3-6-21(19(20)15-25-28)30-14-4-13-29/h3,5-6,11-12,15-18,29H,4,7-10,13-14H2,1-2H3,(H,24,26,27)/t17-,18-. The zero-order chi connectivity index (χ0) is 20.9. The second-order valence-corrected chi connectivity index (χ2v) is 8.41. The Morgan fingerprint density at radius 3 is 2.80 bits per heavy atom. The molecule has 2 heterocycles. The van der Waals surface area contributed by atoms with Crippen LogP contribution in [0.5, 0.6) is 5.75 Å². The Balaban J connectivity index is 1.50. The highest BCUT2D eigenvalue weighted by Gasteiger charge is 2.23. The minimum Gasteiger partial charge on any atom is -0.493 e. The lowest BCUT2D eigenvalue weighted by atomic mass is 9.80. The molecule has 7 nitrogen and oxygen atoms in total. The van der Waals surface area contributed by atoms with Crippen molar-refractivity contribution in [3.8, 4) is 11.6 Å². The second kappa shape index (κ2) is 9.43. The van der Waals surface area contributed by atoms with Gasteiger partial charge in [-0.2, -0.15) is 10.1 Å². The lowest BCUT2D eigenvalue weighted by Crippen LogP contribution is -2.28. The lowest BCUT2D eigenvalue weighted by Gasteiger charge is -2.31. The molecule has 0 saturated heterocycles. The molecular weight excluding hydrogens is 378 g/mol. The highest BCUT2D eigenvalue weighted by atomic mass is 16.5. The predicted molar refractivity (Wildman–Crippen MR) is 118 cm³/mol. The number of fused-ring (bicyclic) bond motifs is 1. The van der Waals surface area contributed by atoms with Gasteiger partial charge in [0.2, 0.25) is 5.95 Å². The van der Waals surface area contributed by atoms with Crippen LogP contribution in [0.25, 0.3) is 16.7 Å². The zero-order valence-corrected chi connectivity index (χ0v) is 17.8. The second-order valence-electron chi connectivity index (χ2n) is 8.41. The van der Waals surface area contributed by atoms with Crippen LogP contribution in [0.3, 0.4) is 0 Å². The molecule has 1 saturated carbocycles. The van der Waals surface area contributed by atoms with Gasteiger partial charge in [-0.3, -0.25) is 0 Å². The molecule has 30 heavy (non-hydrogen) atoms. The molecule has 1 aliphatic rings. The van der Waals surface area contributed by atoms with Crippen LogP contribution in [0.4, 0.5) is 5.95 Å². The van der Waals surface area contributed by atoms with E-state index >= 15 is 0 Å². The third-order valence-corrected chi connectivity index (χ3v) is 6.04. The van der Waals surface area contributed by atoms with Crippen LogP contribution in [0.1, 0.15) is 46.0 Å². The van der Waals surface area contributed by atoms with Gasteiger partial charge in [-0.15, -0.1) is 0 Å². The molecule has 0 amide bonds. The van der Waals surface area contributed by atoms with Crippen molar-refractivity contribution in [3.63, 3.8) is 0 Å². The first-order valence-corrected chi connectivity index (χ1v) is 11.0. The number of rotatable bonds is 8. The maximum atomic E-state index is 8.97. The van der Waals surface area contributed by atoms with Crippen LogP contribution in [-0.4, -0.2) is 44.1 Å². The van der Waals surface area contributed by atoms with Gasteiger partial charge >= 0.3 is 0 Å². The number of nitrogens with one attached hydrogen (secondary N) is 1. The average Bonchev–Trinajstić information content (AvgIpc) is 3.20. The summed E-state index contributed by atoms with van der Waals surface area (Å²) in [5.41, 5.74) is 0.929. The fraction of sp³-hybridized carbons (Fsp3) is 0.522. The van der Waals surface area contributed by atoms with Gasteiger partial charge in [-0.1, -0.05) is 19.9 Å². The minimum atomic E-state index is 0.116. The maximum Gasteiger partial charge on any atom is 0.224 e. The molecule has 3 aromatic rings. The molecule has 0 atom stereocenters. The van der Waals surface area contributed by atoms with Gasteiger partial charge in [0, 0.05) is 31.3 Å². The van der Waals surface area contributed by atoms with Gasteiger partial charge in [0.1, 0.15) is 5.75 Å².